The molecule has 0 saturated heterocycles. The van der Waals surface area contributed by atoms with Gasteiger partial charge in [-0.25, -0.2) is 0 Å². The lowest BCUT2D eigenvalue weighted by Crippen LogP contribution is -2.55. The fourth-order valence-corrected chi connectivity index (χ4v) is 9.07. The van der Waals surface area contributed by atoms with Gasteiger partial charge in [0, 0.05) is 6.92 Å². The zero-order valence-electron chi connectivity index (χ0n) is 21.5. The predicted molar refractivity (Wildman–Crippen MR) is 130 cm³/mol. The van der Waals surface area contributed by atoms with Crippen molar-refractivity contribution in [2.75, 3.05) is 0 Å². The zero-order valence-corrected chi connectivity index (χ0v) is 21.5. The molecule has 0 aromatic heterocycles. The highest BCUT2D eigenvalue weighted by Crippen LogP contribution is 2.68. The van der Waals surface area contributed by atoms with E-state index in [9.17, 15) is 9.90 Å². The Kier molecular flexibility index (Phi) is 6.90. The summed E-state index contributed by atoms with van der Waals surface area (Å²) in [6, 6.07) is 0. The molecule has 4 rings (SSSR count). The molecule has 3 nitrogen and oxygen atoms in total. The minimum absolute atomic E-state index is 0.0740. The van der Waals surface area contributed by atoms with Gasteiger partial charge in [0.25, 0.3) is 0 Å². The minimum Gasteiger partial charge on any atom is -0.458 e. The summed E-state index contributed by atoms with van der Waals surface area (Å²) in [5.41, 5.74) is 1.74. The van der Waals surface area contributed by atoms with Crippen molar-refractivity contribution in [2.45, 2.75) is 118 Å². The number of rotatable bonds is 6. The highest BCUT2D eigenvalue weighted by Gasteiger charge is 2.61. The summed E-state index contributed by atoms with van der Waals surface area (Å²) in [5.74, 6) is 4.33. The standard InChI is InChI=1S/C29H48O3/c1-18(2)8-7-9-19(3)23-10-11-24-22-17-27(32-20(4)30)26-16-21(31)12-14-29(26,6)25(22)13-15-28(23,24)5/h16,18-19,21-25,27,31H,7-15,17H2,1-6H3/t19-,21+,22+,23-,24+,25+,27-,28-,29-/m1/s1. The summed E-state index contributed by atoms with van der Waals surface area (Å²) in [7, 11) is 0. The lowest BCUT2D eigenvalue weighted by Gasteiger charge is -2.60. The summed E-state index contributed by atoms with van der Waals surface area (Å²) in [6.45, 7) is 13.8. The number of hydrogen-bond acceptors (Lipinski definition) is 3. The van der Waals surface area contributed by atoms with Crippen LogP contribution in [0.5, 0.6) is 0 Å². The fourth-order valence-electron chi connectivity index (χ4n) is 9.07. The quantitative estimate of drug-likeness (QED) is 0.357. The van der Waals surface area contributed by atoms with Crippen molar-refractivity contribution in [3.63, 3.8) is 0 Å². The molecular formula is C29H48O3. The van der Waals surface area contributed by atoms with Gasteiger partial charge in [0.2, 0.25) is 0 Å². The molecule has 0 heterocycles. The van der Waals surface area contributed by atoms with Crippen molar-refractivity contribution in [2.24, 2.45) is 46.3 Å². The van der Waals surface area contributed by atoms with Crippen LogP contribution in [0.2, 0.25) is 0 Å². The molecule has 0 bridgehead atoms. The van der Waals surface area contributed by atoms with Crippen molar-refractivity contribution in [1.29, 1.82) is 0 Å². The molecule has 9 atom stereocenters. The zero-order chi connectivity index (χ0) is 23.3. The van der Waals surface area contributed by atoms with E-state index in [-0.39, 0.29) is 23.6 Å². The summed E-state index contributed by atoms with van der Waals surface area (Å²) in [4.78, 5) is 12.0. The Morgan fingerprint density at radius 3 is 2.53 bits per heavy atom. The number of hydrogen-bond donors (Lipinski definition) is 1. The van der Waals surface area contributed by atoms with Crippen LogP contribution in [0.3, 0.4) is 0 Å². The smallest absolute Gasteiger partial charge is 0.303 e. The SMILES string of the molecule is CC(=O)O[C@@H]1C[C@H]2[C@@H]3CC[C@H]([C@H](C)CCCC(C)C)[C@@]3(C)CC[C@@H]2[C@@]2(C)CC[C@H](O)C=C12. The van der Waals surface area contributed by atoms with E-state index in [2.05, 4.69) is 40.7 Å². The Hall–Kier alpha value is -0.830. The van der Waals surface area contributed by atoms with Gasteiger partial charge >= 0.3 is 5.97 Å². The number of ether oxygens (including phenoxy) is 1. The lowest BCUT2D eigenvalue weighted by atomic mass is 9.46. The molecule has 0 aromatic rings. The second-order valence-corrected chi connectivity index (χ2v) is 12.9. The second-order valence-electron chi connectivity index (χ2n) is 12.9. The molecule has 182 valence electrons. The summed E-state index contributed by atoms with van der Waals surface area (Å²) < 4.78 is 5.94. The maximum atomic E-state index is 12.0. The number of fused-ring (bicyclic) bond motifs is 5. The lowest BCUT2D eigenvalue weighted by molar-refractivity contribution is -0.153. The number of esters is 1. The van der Waals surface area contributed by atoms with Gasteiger partial charge in [-0.2, -0.15) is 0 Å². The van der Waals surface area contributed by atoms with Crippen LogP contribution in [0.15, 0.2) is 11.6 Å². The summed E-state index contributed by atoms with van der Waals surface area (Å²) >= 11 is 0. The first kappa shape index (κ1) is 24.3. The predicted octanol–water partition coefficient (Wildman–Crippen LogP) is 6.93. The molecule has 0 amide bonds. The molecule has 1 N–H and O–H groups in total. The van der Waals surface area contributed by atoms with Crippen LogP contribution in [-0.2, 0) is 9.53 Å². The van der Waals surface area contributed by atoms with Crippen LogP contribution in [0.4, 0.5) is 0 Å². The molecule has 4 aliphatic rings. The number of carbonyl (C=O) groups excluding carboxylic acids is 1. The van der Waals surface area contributed by atoms with Gasteiger partial charge in [0.1, 0.15) is 6.10 Å². The van der Waals surface area contributed by atoms with E-state index in [0.29, 0.717) is 17.3 Å². The van der Waals surface area contributed by atoms with Gasteiger partial charge in [-0.15, -0.1) is 0 Å². The van der Waals surface area contributed by atoms with E-state index in [0.717, 1.165) is 42.9 Å². The van der Waals surface area contributed by atoms with Crippen LogP contribution in [-0.4, -0.2) is 23.3 Å². The van der Waals surface area contributed by atoms with E-state index >= 15 is 0 Å². The van der Waals surface area contributed by atoms with Gasteiger partial charge in [-0.3, -0.25) is 4.79 Å². The molecule has 3 fully saturated rings. The largest absolute Gasteiger partial charge is 0.458 e. The van der Waals surface area contributed by atoms with Crippen LogP contribution >= 0.6 is 0 Å². The number of aliphatic hydroxyl groups is 1. The van der Waals surface area contributed by atoms with Gasteiger partial charge in [0.05, 0.1) is 6.10 Å². The van der Waals surface area contributed by atoms with Gasteiger partial charge < -0.3 is 9.84 Å². The average Bonchev–Trinajstić information content (AvgIpc) is 3.06. The van der Waals surface area contributed by atoms with E-state index in [1.165, 1.54) is 50.5 Å². The molecule has 0 aliphatic heterocycles. The average molecular weight is 445 g/mol. The Morgan fingerprint density at radius 2 is 1.84 bits per heavy atom. The number of aliphatic hydroxyl groups excluding tert-OH is 1. The Bertz CT molecular complexity index is 726. The maximum Gasteiger partial charge on any atom is 0.303 e. The normalized spacial score (nSPS) is 44.3. The molecule has 0 unspecified atom stereocenters. The van der Waals surface area contributed by atoms with Crippen molar-refractivity contribution >= 4 is 5.97 Å². The van der Waals surface area contributed by atoms with Crippen LogP contribution in [0.25, 0.3) is 0 Å². The first-order chi connectivity index (χ1) is 15.1. The molecular weight excluding hydrogens is 396 g/mol. The molecule has 0 aromatic carbocycles. The van der Waals surface area contributed by atoms with Crippen LogP contribution < -0.4 is 0 Å². The van der Waals surface area contributed by atoms with Crippen LogP contribution in [0, 0.1) is 46.3 Å². The molecule has 3 heteroatoms. The van der Waals surface area contributed by atoms with Gasteiger partial charge in [-0.1, -0.05) is 60.0 Å². The second kappa shape index (κ2) is 9.08. The van der Waals surface area contributed by atoms with Crippen LogP contribution in [0.1, 0.15) is 106 Å². The highest BCUT2D eigenvalue weighted by molar-refractivity contribution is 5.66. The monoisotopic (exact) mass is 444 g/mol. The van der Waals surface area contributed by atoms with Gasteiger partial charge in [0.15, 0.2) is 0 Å². The van der Waals surface area contributed by atoms with Crippen molar-refractivity contribution in [1.82, 2.24) is 0 Å². The molecule has 0 radical (unpaired) electrons. The third-order valence-electron chi connectivity index (χ3n) is 10.6. The first-order valence-corrected chi connectivity index (χ1v) is 13.6. The highest BCUT2D eigenvalue weighted by atomic mass is 16.5. The van der Waals surface area contributed by atoms with Crippen molar-refractivity contribution < 1.29 is 14.6 Å². The third kappa shape index (κ3) is 4.21. The third-order valence-corrected chi connectivity index (χ3v) is 10.6. The van der Waals surface area contributed by atoms with E-state index in [1.807, 2.05) is 0 Å². The number of carbonyl (C=O) groups is 1. The van der Waals surface area contributed by atoms with Crippen molar-refractivity contribution in [3.8, 4) is 0 Å². The van der Waals surface area contributed by atoms with Crippen molar-refractivity contribution in [3.05, 3.63) is 11.6 Å². The summed E-state index contributed by atoms with van der Waals surface area (Å²) in [6.07, 6.45) is 13.8. The fraction of sp³-hybridized carbons (Fsp3) is 0.897. The van der Waals surface area contributed by atoms with Gasteiger partial charge in [-0.05, 0) is 96.9 Å². The Balaban J connectivity index is 1.57. The molecule has 32 heavy (non-hydrogen) atoms. The molecule has 0 spiro atoms. The topological polar surface area (TPSA) is 46.5 Å². The van der Waals surface area contributed by atoms with E-state index < -0.39 is 0 Å². The van der Waals surface area contributed by atoms with E-state index in [1.54, 1.807) is 6.92 Å². The summed E-state index contributed by atoms with van der Waals surface area (Å²) in [5, 5.41) is 10.4. The first-order valence-electron chi connectivity index (χ1n) is 13.6. The molecule has 3 saturated carbocycles. The molecule has 4 aliphatic carbocycles. The Morgan fingerprint density at radius 1 is 1.09 bits per heavy atom. The van der Waals surface area contributed by atoms with E-state index in [4.69, 9.17) is 4.74 Å². The minimum atomic E-state index is -0.385. The Labute approximate surface area is 196 Å². The maximum absolute atomic E-state index is 12.0.